The Kier molecular flexibility index (Phi) is 5.52. The Bertz CT molecular complexity index is 205. The predicted octanol–water partition coefficient (Wildman–Crippen LogP) is 0.549. The first-order valence-electron chi connectivity index (χ1n) is 5.15. The van der Waals surface area contributed by atoms with E-state index in [0.717, 1.165) is 19.4 Å². The van der Waals surface area contributed by atoms with Gasteiger partial charge in [-0.2, -0.15) is 0 Å². The van der Waals surface area contributed by atoms with Crippen LogP contribution in [0.2, 0.25) is 0 Å². The number of hydrogen-bond acceptors (Lipinski definition) is 3. The van der Waals surface area contributed by atoms with Gasteiger partial charge in [0, 0.05) is 19.6 Å². The summed E-state index contributed by atoms with van der Waals surface area (Å²) in [5, 5.41) is 17.6. The van der Waals surface area contributed by atoms with Gasteiger partial charge in [-0.1, -0.05) is 23.8 Å². The molecule has 2 N–H and O–H groups in total. The highest BCUT2D eigenvalue weighted by atomic mass is 16.3. The lowest BCUT2D eigenvalue weighted by Crippen LogP contribution is -2.31. The van der Waals surface area contributed by atoms with Crippen LogP contribution in [0.3, 0.4) is 0 Å². The van der Waals surface area contributed by atoms with Crippen molar-refractivity contribution < 1.29 is 10.2 Å². The molecule has 0 unspecified atom stereocenters. The minimum absolute atomic E-state index is 0.164. The van der Waals surface area contributed by atoms with Gasteiger partial charge in [0.25, 0.3) is 0 Å². The van der Waals surface area contributed by atoms with Crippen molar-refractivity contribution >= 4 is 0 Å². The van der Waals surface area contributed by atoms with Crippen LogP contribution in [-0.2, 0) is 0 Å². The van der Waals surface area contributed by atoms with E-state index in [-0.39, 0.29) is 13.2 Å². The highest BCUT2D eigenvalue weighted by Gasteiger charge is 2.05. The summed E-state index contributed by atoms with van der Waals surface area (Å²) in [6, 6.07) is 0. The Morgan fingerprint density at radius 2 is 1.86 bits per heavy atom. The second-order valence-corrected chi connectivity index (χ2v) is 3.50. The molecule has 0 aromatic heterocycles. The van der Waals surface area contributed by atoms with E-state index >= 15 is 0 Å². The molecule has 0 bridgehead atoms. The van der Waals surface area contributed by atoms with Gasteiger partial charge in [-0.15, -0.1) is 0 Å². The zero-order valence-corrected chi connectivity index (χ0v) is 8.52. The molecule has 0 heterocycles. The molecule has 1 aliphatic rings. The Hall–Kier alpha value is -0.640. The molecule has 0 aliphatic heterocycles. The van der Waals surface area contributed by atoms with E-state index < -0.39 is 0 Å². The standard InChI is InChI=1S/C11H19NO2/c13-9-7-12(8-10-14)6-5-11-3-1-2-4-11/h1-3,13-14H,4-10H2. The molecule has 0 amide bonds. The van der Waals surface area contributed by atoms with Crippen LogP contribution >= 0.6 is 0 Å². The SMILES string of the molecule is OCCN(CCO)CCC1=CC=CC1. The topological polar surface area (TPSA) is 43.7 Å². The average molecular weight is 197 g/mol. The Morgan fingerprint density at radius 1 is 1.14 bits per heavy atom. The fourth-order valence-corrected chi connectivity index (χ4v) is 1.60. The lowest BCUT2D eigenvalue weighted by Gasteiger charge is -2.20. The maximum absolute atomic E-state index is 8.81. The van der Waals surface area contributed by atoms with Crippen LogP contribution in [0.1, 0.15) is 12.8 Å². The normalized spacial score (nSPS) is 15.2. The quantitative estimate of drug-likeness (QED) is 0.626. The molecular weight excluding hydrogens is 178 g/mol. The largest absolute Gasteiger partial charge is 0.395 e. The second-order valence-electron chi connectivity index (χ2n) is 3.50. The van der Waals surface area contributed by atoms with Crippen molar-refractivity contribution in [3.63, 3.8) is 0 Å². The summed E-state index contributed by atoms with van der Waals surface area (Å²) in [6.45, 7) is 2.56. The van der Waals surface area contributed by atoms with E-state index in [9.17, 15) is 0 Å². The molecule has 0 saturated carbocycles. The maximum Gasteiger partial charge on any atom is 0.0558 e. The Balaban J connectivity index is 2.18. The van der Waals surface area contributed by atoms with Crippen molar-refractivity contribution in [3.8, 4) is 0 Å². The van der Waals surface area contributed by atoms with E-state index in [0.29, 0.717) is 13.1 Å². The van der Waals surface area contributed by atoms with Crippen molar-refractivity contribution in [2.24, 2.45) is 0 Å². The van der Waals surface area contributed by atoms with E-state index in [1.165, 1.54) is 5.57 Å². The fourth-order valence-electron chi connectivity index (χ4n) is 1.60. The van der Waals surface area contributed by atoms with Gasteiger partial charge < -0.3 is 10.2 Å². The minimum atomic E-state index is 0.164. The summed E-state index contributed by atoms with van der Waals surface area (Å²) < 4.78 is 0. The summed E-state index contributed by atoms with van der Waals surface area (Å²) in [5.74, 6) is 0. The van der Waals surface area contributed by atoms with Crippen molar-refractivity contribution in [3.05, 3.63) is 23.8 Å². The van der Waals surface area contributed by atoms with E-state index in [1.807, 2.05) is 0 Å². The van der Waals surface area contributed by atoms with Crippen LogP contribution in [0.25, 0.3) is 0 Å². The molecule has 0 fully saturated rings. The Morgan fingerprint density at radius 3 is 2.36 bits per heavy atom. The van der Waals surface area contributed by atoms with Gasteiger partial charge in [-0.05, 0) is 12.8 Å². The molecule has 14 heavy (non-hydrogen) atoms. The smallest absolute Gasteiger partial charge is 0.0558 e. The first-order valence-corrected chi connectivity index (χ1v) is 5.15. The van der Waals surface area contributed by atoms with Crippen LogP contribution in [0.4, 0.5) is 0 Å². The third-order valence-corrected chi connectivity index (χ3v) is 2.43. The van der Waals surface area contributed by atoms with Gasteiger partial charge in [0.15, 0.2) is 0 Å². The number of allylic oxidation sites excluding steroid dienone is 3. The van der Waals surface area contributed by atoms with Crippen molar-refractivity contribution in [2.45, 2.75) is 12.8 Å². The van der Waals surface area contributed by atoms with Gasteiger partial charge in [0.05, 0.1) is 13.2 Å². The zero-order valence-electron chi connectivity index (χ0n) is 8.52. The molecule has 0 atom stereocenters. The molecule has 1 rings (SSSR count). The predicted molar refractivity (Wildman–Crippen MR) is 57.1 cm³/mol. The third-order valence-electron chi connectivity index (χ3n) is 2.43. The molecule has 3 nitrogen and oxygen atoms in total. The second kappa shape index (κ2) is 6.76. The van der Waals surface area contributed by atoms with E-state index in [4.69, 9.17) is 10.2 Å². The Labute approximate surface area is 85.4 Å². The van der Waals surface area contributed by atoms with Crippen LogP contribution in [0.5, 0.6) is 0 Å². The minimum Gasteiger partial charge on any atom is -0.395 e. The lowest BCUT2D eigenvalue weighted by molar-refractivity contribution is 0.162. The number of aliphatic hydroxyl groups excluding tert-OH is 2. The van der Waals surface area contributed by atoms with Gasteiger partial charge in [0.1, 0.15) is 0 Å². The summed E-state index contributed by atoms with van der Waals surface area (Å²) in [4.78, 5) is 2.08. The van der Waals surface area contributed by atoms with Crippen molar-refractivity contribution in [2.75, 3.05) is 32.8 Å². The van der Waals surface area contributed by atoms with Gasteiger partial charge in [0.2, 0.25) is 0 Å². The summed E-state index contributed by atoms with van der Waals surface area (Å²) in [5.41, 5.74) is 1.44. The van der Waals surface area contributed by atoms with Gasteiger partial charge >= 0.3 is 0 Å². The molecular formula is C11H19NO2. The van der Waals surface area contributed by atoms with Gasteiger partial charge in [-0.3, -0.25) is 4.90 Å². The number of nitrogens with zero attached hydrogens (tertiary/aromatic N) is 1. The van der Waals surface area contributed by atoms with Crippen LogP contribution in [0, 0.1) is 0 Å². The molecule has 3 heteroatoms. The summed E-state index contributed by atoms with van der Waals surface area (Å²) >= 11 is 0. The number of hydrogen-bond donors (Lipinski definition) is 2. The highest BCUT2D eigenvalue weighted by Crippen LogP contribution is 2.14. The lowest BCUT2D eigenvalue weighted by atomic mass is 10.1. The molecule has 0 spiro atoms. The van der Waals surface area contributed by atoms with Crippen LogP contribution in [-0.4, -0.2) is 48.0 Å². The van der Waals surface area contributed by atoms with Crippen LogP contribution < -0.4 is 0 Å². The average Bonchev–Trinajstić information content (AvgIpc) is 2.67. The first kappa shape index (κ1) is 11.4. The summed E-state index contributed by atoms with van der Waals surface area (Å²) in [6.07, 6.45) is 8.48. The van der Waals surface area contributed by atoms with Gasteiger partial charge in [-0.25, -0.2) is 0 Å². The van der Waals surface area contributed by atoms with Crippen LogP contribution in [0.15, 0.2) is 23.8 Å². The molecule has 1 aliphatic carbocycles. The fraction of sp³-hybridized carbons (Fsp3) is 0.636. The first-order chi connectivity index (χ1) is 6.86. The molecule has 0 aromatic rings. The number of aliphatic hydroxyl groups is 2. The van der Waals surface area contributed by atoms with E-state index in [1.54, 1.807) is 0 Å². The summed E-state index contributed by atoms with van der Waals surface area (Å²) in [7, 11) is 0. The number of rotatable bonds is 7. The molecule has 0 radical (unpaired) electrons. The van der Waals surface area contributed by atoms with E-state index in [2.05, 4.69) is 23.1 Å². The maximum atomic E-state index is 8.81. The highest BCUT2D eigenvalue weighted by molar-refractivity contribution is 5.22. The molecule has 0 aromatic carbocycles. The molecule has 80 valence electrons. The van der Waals surface area contributed by atoms with Crippen molar-refractivity contribution in [1.29, 1.82) is 0 Å². The zero-order chi connectivity index (χ0) is 10.2. The monoisotopic (exact) mass is 197 g/mol. The molecule has 0 saturated heterocycles. The third kappa shape index (κ3) is 4.05. The van der Waals surface area contributed by atoms with Crippen molar-refractivity contribution in [1.82, 2.24) is 4.90 Å².